The summed E-state index contributed by atoms with van der Waals surface area (Å²) >= 11 is 0. The Hall–Kier alpha value is -3.48. The fraction of sp³-hybridized carbons (Fsp3) is 0.158. The normalized spacial score (nSPS) is 10.2. The summed E-state index contributed by atoms with van der Waals surface area (Å²) in [5, 5.41) is 17.1. The molecule has 0 aliphatic carbocycles. The quantitative estimate of drug-likeness (QED) is 0.631. The van der Waals surface area contributed by atoms with Crippen LogP contribution in [0.15, 0.2) is 54.7 Å². The van der Waals surface area contributed by atoms with Crippen molar-refractivity contribution in [3.63, 3.8) is 0 Å². The molecule has 0 saturated carbocycles. The molecule has 0 bridgehead atoms. The lowest BCUT2D eigenvalue weighted by Gasteiger charge is -2.10. The van der Waals surface area contributed by atoms with E-state index in [1.807, 2.05) is 30.3 Å². The molecule has 2 aromatic carbocycles. The summed E-state index contributed by atoms with van der Waals surface area (Å²) in [5.41, 5.74) is 3.87. The van der Waals surface area contributed by atoms with Gasteiger partial charge >= 0.3 is 0 Å². The lowest BCUT2D eigenvalue weighted by molar-refractivity contribution is -0.114. The van der Waals surface area contributed by atoms with Crippen molar-refractivity contribution in [2.24, 2.45) is 0 Å². The van der Waals surface area contributed by atoms with Gasteiger partial charge in [0.05, 0.1) is 6.20 Å². The van der Waals surface area contributed by atoms with Crippen molar-refractivity contribution in [1.82, 2.24) is 15.2 Å². The van der Waals surface area contributed by atoms with Crippen LogP contribution in [0, 0.1) is 6.92 Å². The van der Waals surface area contributed by atoms with E-state index in [4.69, 9.17) is 0 Å². The lowest BCUT2D eigenvalue weighted by Crippen LogP contribution is -2.07. The second-order valence-corrected chi connectivity index (χ2v) is 5.83. The van der Waals surface area contributed by atoms with Crippen LogP contribution in [0.5, 0.6) is 0 Å². The molecule has 0 atom stereocenters. The van der Waals surface area contributed by atoms with E-state index in [0.717, 1.165) is 5.69 Å². The zero-order chi connectivity index (χ0) is 18.4. The number of anilines is 4. The maximum absolute atomic E-state index is 11.2. The van der Waals surface area contributed by atoms with Gasteiger partial charge in [-0.2, -0.15) is 10.1 Å². The maximum atomic E-state index is 11.2. The Balaban J connectivity index is 1.67. The number of hydrogen-bond donors (Lipinski definition) is 3. The monoisotopic (exact) mass is 348 g/mol. The van der Waals surface area contributed by atoms with Crippen molar-refractivity contribution in [2.45, 2.75) is 20.4 Å². The molecule has 3 N–H and O–H groups in total. The first-order valence-corrected chi connectivity index (χ1v) is 8.23. The molecule has 7 heteroatoms. The number of aryl methyl sites for hydroxylation is 1. The van der Waals surface area contributed by atoms with Crippen molar-refractivity contribution >= 4 is 29.0 Å². The molecular formula is C19H20N6O. The Morgan fingerprint density at radius 2 is 1.88 bits per heavy atom. The van der Waals surface area contributed by atoms with E-state index in [1.54, 1.807) is 12.3 Å². The molecule has 0 fully saturated rings. The average molecular weight is 348 g/mol. The zero-order valence-corrected chi connectivity index (χ0v) is 14.7. The van der Waals surface area contributed by atoms with E-state index >= 15 is 0 Å². The van der Waals surface area contributed by atoms with Gasteiger partial charge in [0, 0.05) is 24.8 Å². The molecule has 1 aromatic heterocycles. The molecule has 0 unspecified atom stereocenters. The van der Waals surface area contributed by atoms with E-state index in [1.165, 1.54) is 18.1 Å². The molecule has 0 aliphatic rings. The van der Waals surface area contributed by atoms with Crippen molar-refractivity contribution in [3.8, 4) is 0 Å². The second-order valence-electron chi connectivity index (χ2n) is 5.83. The van der Waals surface area contributed by atoms with E-state index in [0.29, 0.717) is 24.0 Å². The fourth-order valence-electron chi connectivity index (χ4n) is 2.44. The van der Waals surface area contributed by atoms with Gasteiger partial charge < -0.3 is 16.0 Å². The van der Waals surface area contributed by atoms with Gasteiger partial charge in [-0.15, -0.1) is 5.10 Å². The molecule has 1 amide bonds. The summed E-state index contributed by atoms with van der Waals surface area (Å²) in [6.45, 7) is 4.20. The first kappa shape index (κ1) is 17.3. The molecule has 0 aliphatic heterocycles. The van der Waals surface area contributed by atoms with Crippen molar-refractivity contribution in [2.75, 3.05) is 16.0 Å². The van der Waals surface area contributed by atoms with Crippen LogP contribution in [0.1, 0.15) is 18.1 Å². The number of rotatable bonds is 6. The Kier molecular flexibility index (Phi) is 5.38. The molecule has 0 radical (unpaired) electrons. The minimum Gasteiger partial charge on any atom is -0.365 e. The number of aromatic nitrogens is 3. The molecule has 0 spiro atoms. The van der Waals surface area contributed by atoms with Gasteiger partial charge in [-0.1, -0.05) is 30.3 Å². The fourth-order valence-corrected chi connectivity index (χ4v) is 2.44. The van der Waals surface area contributed by atoms with Crippen LogP contribution in [0.4, 0.5) is 23.1 Å². The third-order valence-electron chi connectivity index (χ3n) is 3.72. The number of carbonyl (C=O) groups excluding carboxylic acids is 1. The molecule has 26 heavy (non-hydrogen) atoms. The van der Waals surface area contributed by atoms with Gasteiger partial charge in [-0.25, -0.2) is 0 Å². The number of nitrogens with zero attached hydrogens (tertiary/aromatic N) is 3. The predicted octanol–water partition coefficient (Wildman–Crippen LogP) is 3.49. The molecule has 1 heterocycles. The average Bonchev–Trinajstić information content (AvgIpc) is 2.61. The first-order chi connectivity index (χ1) is 12.6. The van der Waals surface area contributed by atoms with Crippen LogP contribution in [0.3, 0.4) is 0 Å². The SMILES string of the molecule is CC(=O)Nc1cccc(Nc2nncc(NCc3ccccc3C)n2)c1. The summed E-state index contributed by atoms with van der Waals surface area (Å²) in [6, 6.07) is 15.5. The number of benzene rings is 2. The Bertz CT molecular complexity index is 912. The third kappa shape index (κ3) is 4.76. The highest BCUT2D eigenvalue weighted by atomic mass is 16.1. The van der Waals surface area contributed by atoms with Crippen LogP contribution in [0.2, 0.25) is 0 Å². The van der Waals surface area contributed by atoms with E-state index < -0.39 is 0 Å². The van der Waals surface area contributed by atoms with E-state index in [2.05, 4.69) is 50.2 Å². The van der Waals surface area contributed by atoms with E-state index in [-0.39, 0.29) is 5.91 Å². The van der Waals surface area contributed by atoms with Gasteiger partial charge in [0.1, 0.15) is 0 Å². The van der Waals surface area contributed by atoms with Crippen LogP contribution in [0.25, 0.3) is 0 Å². The number of amides is 1. The van der Waals surface area contributed by atoms with Crippen LogP contribution >= 0.6 is 0 Å². The number of carbonyl (C=O) groups is 1. The van der Waals surface area contributed by atoms with Gasteiger partial charge in [0.25, 0.3) is 0 Å². The molecular weight excluding hydrogens is 328 g/mol. The highest BCUT2D eigenvalue weighted by Gasteiger charge is 2.04. The molecule has 132 valence electrons. The molecule has 3 rings (SSSR count). The van der Waals surface area contributed by atoms with Crippen molar-refractivity contribution in [1.29, 1.82) is 0 Å². The topological polar surface area (TPSA) is 91.8 Å². The van der Waals surface area contributed by atoms with Gasteiger partial charge in [-0.05, 0) is 36.2 Å². The van der Waals surface area contributed by atoms with Crippen LogP contribution in [-0.2, 0) is 11.3 Å². The number of nitrogens with one attached hydrogen (secondary N) is 3. The lowest BCUT2D eigenvalue weighted by atomic mass is 10.1. The van der Waals surface area contributed by atoms with Gasteiger partial charge in [0.15, 0.2) is 5.82 Å². The highest BCUT2D eigenvalue weighted by Crippen LogP contribution is 2.18. The molecule has 0 saturated heterocycles. The van der Waals surface area contributed by atoms with Crippen LogP contribution < -0.4 is 16.0 Å². The van der Waals surface area contributed by atoms with Crippen molar-refractivity contribution in [3.05, 3.63) is 65.9 Å². The minimum absolute atomic E-state index is 0.123. The van der Waals surface area contributed by atoms with E-state index in [9.17, 15) is 4.79 Å². The minimum atomic E-state index is -0.123. The largest absolute Gasteiger partial charge is 0.365 e. The summed E-state index contributed by atoms with van der Waals surface area (Å²) in [4.78, 5) is 15.6. The number of hydrogen-bond acceptors (Lipinski definition) is 6. The second kappa shape index (κ2) is 8.06. The molecule has 7 nitrogen and oxygen atoms in total. The standard InChI is InChI=1S/C19H20N6O/c1-13-6-3-4-7-15(13)11-20-18-12-21-25-19(24-18)23-17-9-5-8-16(10-17)22-14(2)26/h3-10,12H,11H2,1-2H3,(H,22,26)(H2,20,23,24,25). The Labute approximate surface area is 151 Å². The summed E-state index contributed by atoms with van der Waals surface area (Å²) in [7, 11) is 0. The van der Waals surface area contributed by atoms with Crippen LogP contribution in [-0.4, -0.2) is 21.1 Å². The van der Waals surface area contributed by atoms with Crippen molar-refractivity contribution < 1.29 is 4.79 Å². The Morgan fingerprint density at radius 1 is 1.08 bits per heavy atom. The zero-order valence-electron chi connectivity index (χ0n) is 14.7. The third-order valence-corrected chi connectivity index (χ3v) is 3.72. The smallest absolute Gasteiger partial charge is 0.249 e. The van der Waals surface area contributed by atoms with Gasteiger partial charge in [-0.3, -0.25) is 4.79 Å². The maximum Gasteiger partial charge on any atom is 0.249 e. The molecule has 3 aromatic rings. The summed E-state index contributed by atoms with van der Waals surface area (Å²) < 4.78 is 0. The van der Waals surface area contributed by atoms with Gasteiger partial charge in [0.2, 0.25) is 11.9 Å². The first-order valence-electron chi connectivity index (χ1n) is 8.23. The Morgan fingerprint density at radius 3 is 2.69 bits per heavy atom. The highest BCUT2D eigenvalue weighted by molar-refractivity contribution is 5.89. The summed E-state index contributed by atoms with van der Waals surface area (Å²) in [5.74, 6) is 0.881. The predicted molar refractivity (Wildman–Crippen MR) is 102 cm³/mol. The summed E-state index contributed by atoms with van der Waals surface area (Å²) in [6.07, 6.45) is 1.58.